The van der Waals surface area contributed by atoms with Crippen molar-refractivity contribution in [1.29, 1.82) is 0 Å². The van der Waals surface area contributed by atoms with Gasteiger partial charge in [-0.1, -0.05) is 48.5 Å². The Kier molecular flexibility index (Phi) is 4.46. The second kappa shape index (κ2) is 6.87. The van der Waals surface area contributed by atoms with Crippen LogP contribution in [-0.2, 0) is 22.7 Å². The molecule has 0 fully saturated rings. The Balaban J connectivity index is 1.46. The number of anilines is 1. The summed E-state index contributed by atoms with van der Waals surface area (Å²) in [5.74, 6) is 0.0598. The first-order chi connectivity index (χ1) is 10.8. The zero-order valence-electron chi connectivity index (χ0n) is 12.1. The van der Waals surface area contributed by atoms with E-state index in [9.17, 15) is 4.79 Å². The van der Waals surface area contributed by atoms with E-state index in [1.54, 1.807) is 0 Å². The van der Waals surface area contributed by atoms with Crippen molar-refractivity contribution in [3.05, 3.63) is 65.7 Å². The normalized spacial score (nSPS) is 12.8. The van der Waals surface area contributed by atoms with Crippen LogP contribution in [0.3, 0.4) is 0 Å². The second-order valence-electron chi connectivity index (χ2n) is 4.93. The van der Waals surface area contributed by atoms with E-state index in [4.69, 9.17) is 4.74 Å². The third kappa shape index (κ3) is 3.51. The SMILES string of the molecule is O=C(NCOCc1ccccc1)C1=NCc2ccccc2N1. The molecule has 0 aliphatic carbocycles. The molecule has 0 bridgehead atoms. The van der Waals surface area contributed by atoms with Gasteiger partial charge in [-0.05, 0) is 17.2 Å². The molecule has 1 amide bonds. The maximum Gasteiger partial charge on any atom is 0.288 e. The van der Waals surface area contributed by atoms with E-state index in [0.717, 1.165) is 16.8 Å². The molecule has 0 radical (unpaired) electrons. The standard InChI is InChI=1S/C17H17N3O2/c21-17(19-12-22-11-13-6-2-1-3-7-13)16-18-10-14-8-4-5-9-15(14)20-16/h1-9H,10-12H2,(H,18,20)(H,19,21). The maximum absolute atomic E-state index is 12.0. The highest BCUT2D eigenvalue weighted by Crippen LogP contribution is 2.19. The molecule has 22 heavy (non-hydrogen) atoms. The Hall–Kier alpha value is -2.66. The topological polar surface area (TPSA) is 62.7 Å². The minimum Gasteiger partial charge on any atom is -0.357 e. The van der Waals surface area contributed by atoms with Gasteiger partial charge in [-0.2, -0.15) is 0 Å². The molecule has 2 aromatic carbocycles. The number of aliphatic imine (C=N–C) groups is 1. The minimum atomic E-state index is -0.262. The summed E-state index contributed by atoms with van der Waals surface area (Å²) in [4.78, 5) is 16.3. The van der Waals surface area contributed by atoms with Crippen molar-refractivity contribution in [3.8, 4) is 0 Å². The number of para-hydroxylation sites is 1. The van der Waals surface area contributed by atoms with Crippen LogP contribution in [0.15, 0.2) is 59.6 Å². The highest BCUT2D eigenvalue weighted by molar-refractivity contribution is 6.42. The molecule has 0 spiro atoms. The number of hydrogen-bond donors (Lipinski definition) is 2. The number of carbonyl (C=O) groups excluding carboxylic acids is 1. The van der Waals surface area contributed by atoms with Gasteiger partial charge in [0.2, 0.25) is 0 Å². The van der Waals surface area contributed by atoms with E-state index in [-0.39, 0.29) is 12.6 Å². The number of amidine groups is 1. The van der Waals surface area contributed by atoms with E-state index in [2.05, 4.69) is 15.6 Å². The van der Waals surface area contributed by atoms with Crippen molar-refractivity contribution >= 4 is 17.4 Å². The molecule has 0 unspecified atom stereocenters. The lowest BCUT2D eigenvalue weighted by Crippen LogP contribution is -2.38. The van der Waals surface area contributed by atoms with Crippen molar-refractivity contribution in [2.24, 2.45) is 4.99 Å². The molecule has 5 heteroatoms. The van der Waals surface area contributed by atoms with Gasteiger partial charge in [0, 0.05) is 5.69 Å². The van der Waals surface area contributed by atoms with Crippen LogP contribution in [-0.4, -0.2) is 18.5 Å². The lowest BCUT2D eigenvalue weighted by molar-refractivity contribution is -0.116. The monoisotopic (exact) mass is 295 g/mol. The Morgan fingerprint density at radius 2 is 1.91 bits per heavy atom. The first kappa shape index (κ1) is 14.3. The summed E-state index contributed by atoms with van der Waals surface area (Å²) < 4.78 is 5.44. The van der Waals surface area contributed by atoms with Gasteiger partial charge in [-0.3, -0.25) is 9.79 Å². The molecule has 2 N–H and O–H groups in total. The molecule has 0 aromatic heterocycles. The number of fused-ring (bicyclic) bond motifs is 1. The third-order valence-corrected chi connectivity index (χ3v) is 3.34. The summed E-state index contributed by atoms with van der Waals surface area (Å²) in [6, 6.07) is 17.6. The Bertz CT molecular complexity index is 683. The van der Waals surface area contributed by atoms with E-state index in [1.807, 2.05) is 54.6 Å². The summed E-state index contributed by atoms with van der Waals surface area (Å²) in [7, 11) is 0. The van der Waals surface area contributed by atoms with Gasteiger partial charge < -0.3 is 15.4 Å². The van der Waals surface area contributed by atoms with Gasteiger partial charge in [0.25, 0.3) is 5.91 Å². The first-order valence-corrected chi connectivity index (χ1v) is 7.12. The smallest absolute Gasteiger partial charge is 0.288 e. The van der Waals surface area contributed by atoms with Gasteiger partial charge in [-0.15, -0.1) is 0 Å². The average molecular weight is 295 g/mol. The molecular formula is C17H17N3O2. The lowest BCUT2D eigenvalue weighted by atomic mass is 10.1. The fraction of sp³-hybridized carbons (Fsp3) is 0.176. The van der Waals surface area contributed by atoms with Crippen molar-refractivity contribution in [2.45, 2.75) is 13.2 Å². The molecule has 0 saturated carbocycles. The molecule has 5 nitrogen and oxygen atoms in total. The van der Waals surface area contributed by atoms with Crippen LogP contribution in [0.5, 0.6) is 0 Å². The number of carbonyl (C=O) groups is 1. The van der Waals surface area contributed by atoms with Gasteiger partial charge in [0.15, 0.2) is 5.84 Å². The Morgan fingerprint density at radius 3 is 2.77 bits per heavy atom. The molecular weight excluding hydrogens is 278 g/mol. The Morgan fingerprint density at radius 1 is 1.14 bits per heavy atom. The quantitative estimate of drug-likeness (QED) is 0.657. The van der Waals surface area contributed by atoms with E-state index >= 15 is 0 Å². The zero-order valence-corrected chi connectivity index (χ0v) is 12.1. The third-order valence-electron chi connectivity index (χ3n) is 3.34. The number of nitrogens with one attached hydrogen (secondary N) is 2. The Labute approximate surface area is 129 Å². The summed E-state index contributed by atoms with van der Waals surface area (Å²) in [5.41, 5.74) is 3.08. The van der Waals surface area contributed by atoms with E-state index in [0.29, 0.717) is 19.0 Å². The van der Waals surface area contributed by atoms with Gasteiger partial charge in [-0.25, -0.2) is 0 Å². The highest BCUT2D eigenvalue weighted by atomic mass is 16.5. The van der Waals surface area contributed by atoms with Gasteiger partial charge in [0.05, 0.1) is 13.2 Å². The maximum atomic E-state index is 12.0. The molecule has 1 aliphatic rings. The second-order valence-corrected chi connectivity index (χ2v) is 4.93. The largest absolute Gasteiger partial charge is 0.357 e. The van der Waals surface area contributed by atoms with Crippen LogP contribution in [0.2, 0.25) is 0 Å². The molecule has 112 valence electrons. The molecule has 1 heterocycles. The molecule has 3 rings (SSSR count). The number of ether oxygens (including phenoxy) is 1. The van der Waals surface area contributed by atoms with Crippen molar-refractivity contribution in [1.82, 2.24) is 5.32 Å². The van der Waals surface area contributed by atoms with Gasteiger partial charge in [0.1, 0.15) is 6.73 Å². The van der Waals surface area contributed by atoms with Crippen LogP contribution in [0.25, 0.3) is 0 Å². The molecule has 2 aromatic rings. The predicted octanol–water partition coefficient (Wildman–Crippen LogP) is 2.30. The summed E-state index contributed by atoms with van der Waals surface area (Å²) in [6.45, 7) is 1.12. The van der Waals surface area contributed by atoms with Crippen molar-refractivity contribution < 1.29 is 9.53 Å². The lowest BCUT2D eigenvalue weighted by Gasteiger charge is -2.17. The van der Waals surface area contributed by atoms with Crippen LogP contribution < -0.4 is 10.6 Å². The van der Waals surface area contributed by atoms with Crippen LogP contribution >= 0.6 is 0 Å². The molecule has 0 saturated heterocycles. The number of rotatable bonds is 5. The highest BCUT2D eigenvalue weighted by Gasteiger charge is 2.16. The van der Waals surface area contributed by atoms with Crippen LogP contribution in [0.4, 0.5) is 5.69 Å². The number of amides is 1. The van der Waals surface area contributed by atoms with Crippen LogP contribution in [0, 0.1) is 0 Å². The summed E-state index contributed by atoms with van der Waals surface area (Å²) >= 11 is 0. The van der Waals surface area contributed by atoms with Gasteiger partial charge >= 0.3 is 0 Å². The number of nitrogens with zero attached hydrogens (tertiary/aromatic N) is 1. The summed E-state index contributed by atoms with van der Waals surface area (Å²) in [5, 5.41) is 5.74. The average Bonchev–Trinajstić information content (AvgIpc) is 2.59. The molecule has 1 aliphatic heterocycles. The van der Waals surface area contributed by atoms with E-state index in [1.165, 1.54) is 0 Å². The van der Waals surface area contributed by atoms with Crippen molar-refractivity contribution in [2.75, 3.05) is 12.0 Å². The fourth-order valence-electron chi connectivity index (χ4n) is 2.18. The number of hydrogen-bond acceptors (Lipinski definition) is 4. The van der Waals surface area contributed by atoms with Crippen LogP contribution in [0.1, 0.15) is 11.1 Å². The molecule has 0 atom stereocenters. The zero-order chi connectivity index (χ0) is 15.2. The summed E-state index contributed by atoms with van der Waals surface area (Å²) in [6.07, 6.45) is 0. The van der Waals surface area contributed by atoms with Crippen molar-refractivity contribution in [3.63, 3.8) is 0 Å². The first-order valence-electron chi connectivity index (χ1n) is 7.12. The van der Waals surface area contributed by atoms with E-state index < -0.39 is 0 Å². The minimum absolute atomic E-state index is 0.149. The predicted molar refractivity (Wildman–Crippen MR) is 85.4 cm³/mol. The fourth-order valence-corrected chi connectivity index (χ4v) is 2.18. The number of benzene rings is 2.